The van der Waals surface area contributed by atoms with Crippen molar-refractivity contribution in [3.8, 4) is 28.5 Å². The molecule has 0 saturated heterocycles. The van der Waals surface area contributed by atoms with Gasteiger partial charge in [0.2, 0.25) is 5.88 Å². The van der Waals surface area contributed by atoms with Crippen LogP contribution in [0.5, 0.6) is 5.88 Å². The van der Waals surface area contributed by atoms with Crippen LogP contribution in [0.1, 0.15) is 47.2 Å². The van der Waals surface area contributed by atoms with Crippen molar-refractivity contribution in [3.63, 3.8) is 0 Å². The van der Waals surface area contributed by atoms with Crippen LogP contribution in [0.25, 0.3) is 22.6 Å². The summed E-state index contributed by atoms with van der Waals surface area (Å²) in [5.74, 6) is 1.78. The van der Waals surface area contributed by atoms with E-state index in [4.69, 9.17) is 14.2 Å². The van der Waals surface area contributed by atoms with Crippen molar-refractivity contribution < 1.29 is 14.1 Å². The van der Waals surface area contributed by atoms with Gasteiger partial charge in [0, 0.05) is 48.1 Å². The number of hydrogen-bond donors (Lipinski definition) is 1. The number of nitrogens with one attached hydrogen (secondary N) is 1. The number of amides is 1. The molecule has 168 valence electrons. The van der Waals surface area contributed by atoms with Gasteiger partial charge in [-0.1, -0.05) is 43.3 Å². The molecule has 3 heterocycles. The molecule has 0 bridgehead atoms. The highest BCUT2D eigenvalue weighted by molar-refractivity contribution is 5.94. The third-order valence-electron chi connectivity index (χ3n) is 5.10. The van der Waals surface area contributed by atoms with Crippen LogP contribution in [0, 0.1) is 6.92 Å². The average molecular weight is 444 g/mol. The molecule has 0 saturated carbocycles. The van der Waals surface area contributed by atoms with Gasteiger partial charge in [-0.3, -0.25) is 4.79 Å². The third kappa shape index (κ3) is 5.06. The number of benzene rings is 1. The Kier molecular flexibility index (Phi) is 6.44. The molecule has 4 rings (SSSR count). The summed E-state index contributed by atoms with van der Waals surface area (Å²) in [5, 5.41) is 6.91. The molecule has 0 radical (unpaired) electrons. The summed E-state index contributed by atoms with van der Waals surface area (Å²) in [6, 6.07) is 13.0. The fourth-order valence-corrected chi connectivity index (χ4v) is 3.29. The Morgan fingerprint density at radius 2 is 1.91 bits per heavy atom. The first-order valence-electron chi connectivity index (χ1n) is 10.6. The standard InChI is InChI=1S/C25H25N5O3/c1-15(2)24-27-14-20(21-11-16(3)30-33-21)23(29-24)18-7-5-17(6-8-18)13-28-25(31)19-9-10-26-22(12-19)32-4/h5-12,14-15H,13H2,1-4H3,(H,28,31). The molecule has 1 amide bonds. The van der Waals surface area contributed by atoms with E-state index in [-0.39, 0.29) is 11.8 Å². The lowest BCUT2D eigenvalue weighted by Crippen LogP contribution is -2.22. The van der Waals surface area contributed by atoms with Crippen LogP contribution in [-0.4, -0.2) is 33.1 Å². The van der Waals surface area contributed by atoms with E-state index in [1.165, 1.54) is 7.11 Å². The highest BCUT2D eigenvalue weighted by Crippen LogP contribution is 2.31. The van der Waals surface area contributed by atoms with Crippen molar-refractivity contribution in [2.24, 2.45) is 0 Å². The molecule has 0 atom stereocenters. The number of nitrogens with zero attached hydrogens (tertiary/aromatic N) is 4. The number of pyridine rings is 1. The number of carbonyl (C=O) groups excluding carboxylic acids is 1. The summed E-state index contributed by atoms with van der Waals surface area (Å²) in [4.78, 5) is 25.8. The molecule has 1 aromatic carbocycles. The van der Waals surface area contributed by atoms with E-state index in [1.807, 2.05) is 37.3 Å². The van der Waals surface area contributed by atoms with Gasteiger partial charge in [-0.25, -0.2) is 15.0 Å². The number of rotatable bonds is 7. The fourth-order valence-electron chi connectivity index (χ4n) is 3.29. The Balaban J connectivity index is 1.55. The normalized spacial score (nSPS) is 10.9. The van der Waals surface area contributed by atoms with Crippen molar-refractivity contribution in [3.05, 3.63) is 77.5 Å². The molecule has 0 aliphatic rings. The van der Waals surface area contributed by atoms with Crippen LogP contribution in [-0.2, 0) is 6.54 Å². The maximum Gasteiger partial charge on any atom is 0.251 e. The first-order chi connectivity index (χ1) is 15.9. The molecule has 1 N–H and O–H groups in total. The smallest absolute Gasteiger partial charge is 0.251 e. The van der Waals surface area contributed by atoms with Crippen molar-refractivity contribution >= 4 is 5.91 Å². The van der Waals surface area contributed by atoms with Crippen molar-refractivity contribution in [2.75, 3.05) is 7.11 Å². The minimum absolute atomic E-state index is 0.190. The zero-order valence-corrected chi connectivity index (χ0v) is 19.0. The molecule has 0 aliphatic heterocycles. The van der Waals surface area contributed by atoms with E-state index in [1.54, 1.807) is 24.5 Å². The van der Waals surface area contributed by atoms with Gasteiger partial charge in [0.1, 0.15) is 5.82 Å². The van der Waals surface area contributed by atoms with E-state index in [0.717, 1.165) is 33.9 Å². The second kappa shape index (κ2) is 9.60. The van der Waals surface area contributed by atoms with Gasteiger partial charge in [-0.15, -0.1) is 0 Å². The summed E-state index contributed by atoms with van der Waals surface area (Å²) in [6.07, 6.45) is 3.33. The van der Waals surface area contributed by atoms with E-state index in [0.29, 0.717) is 23.7 Å². The zero-order valence-electron chi connectivity index (χ0n) is 19.0. The van der Waals surface area contributed by atoms with E-state index in [2.05, 4.69) is 34.3 Å². The third-order valence-corrected chi connectivity index (χ3v) is 5.10. The van der Waals surface area contributed by atoms with Gasteiger partial charge in [0.15, 0.2) is 5.76 Å². The second-order valence-corrected chi connectivity index (χ2v) is 7.94. The molecule has 3 aromatic heterocycles. The highest BCUT2D eigenvalue weighted by Gasteiger charge is 2.16. The maximum absolute atomic E-state index is 12.5. The lowest BCUT2D eigenvalue weighted by molar-refractivity contribution is 0.0950. The molecular weight excluding hydrogens is 418 g/mol. The molecule has 4 aromatic rings. The molecule has 0 unspecified atom stereocenters. The minimum atomic E-state index is -0.194. The quantitative estimate of drug-likeness (QED) is 0.446. The summed E-state index contributed by atoms with van der Waals surface area (Å²) < 4.78 is 10.5. The molecule has 33 heavy (non-hydrogen) atoms. The predicted octanol–water partition coefficient (Wildman–Crippen LogP) is 4.56. The zero-order chi connectivity index (χ0) is 23.4. The molecular formula is C25H25N5O3. The van der Waals surface area contributed by atoms with Crippen LogP contribution in [0.3, 0.4) is 0 Å². The van der Waals surface area contributed by atoms with Gasteiger partial charge in [0.05, 0.1) is 24.1 Å². The summed E-state index contributed by atoms with van der Waals surface area (Å²) in [6.45, 7) is 6.38. The molecule has 8 nitrogen and oxygen atoms in total. The van der Waals surface area contributed by atoms with Crippen LogP contribution >= 0.6 is 0 Å². The van der Waals surface area contributed by atoms with Gasteiger partial charge in [-0.05, 0) is 18.6 Å². The average Bonchev–Trinajstić information content (AvgIpc) is 3.28. The van der Waals surface area contributed by atoms with Crippen LogP contribution in [0.15, 0.2) is 59.4 Å². The number of carbonyl (C=O) groups is 1. The van der Waals surface area contributed by atoms with Crippen molar-refractivity contribution in [1.29, 1.82) is 0 Å². The Bertz CT molecular complexity index is 1270. The van der Waals surface area contributed by atoms with Crippen LogP contribution < -0.4 is 10.1 Å². The van der Waals surface area contributed by atoms with Gasteiger partial charge in [-0.2, -0.15) is 0 Å². The monoisotopic (exact) mass is 443 g/mol. The Morgan fingerprint density at radius 1 is 1.12 bits per heavy atom. The fraction of sp³-hybridized carbons (Fsp3) is 0.240. The number of aryl methyl sites for hydroxylation is 1. The van der Waals surface area contributed by atoms with E-state index >= 15 is 0 Å². The largest absolute Gasteiger partial charge is 0.481 e. The SMILES string of the molecule is COc1cc(C(=O)NCc2ccc(-c3nc(C(C)C)ncc3-c3cc(C)no3)cc2)ccn1. The summed E-state index contributed by atoms with van der Waals surface area (Å²) in [7, 11) is 1.52. The van der Waals surface area contributed by atoms with Crippen LogP contribution in [0.2, 0.25) is 0 Å². The maximum atomic E-state index is 12.5. The van der Waals surface area contributed by atoms with Gasteiger partial charge in [0.25, 0.3) is 5.91 Å². The van der Waals surface area contributed by atoms with Crippen LogP contribution in [0.4, 0.5) is 0 Å². The topological polar surface area (TPSA) is 103 Å². The molecule has 0 aliphatic carbocycles. The Morgan fingerprint density at radius 3 is 2.58 bits per heavy atom. The summed E-state index contributed by atoms with van der Waals surface area (Å²) >= 11 is 0. The number of methoxy groups -OCH3 is 1. The Labute approximate surface area is 192 Å². The minimum Gasteiger partial charge on any atom is -0.481 e. The first-order valence-corrected chi connectivity index (χ1v) is 10.6. The van der Waals surface area contributed by atoms with Crippen molar-refractivity contribution in [2.45, 2.75) is 33.2 Å². The molecule has 8 heteroatoms. The Hall–Kier alpha value is -4.07. The van der Waals surface area contributed by atoms with Gasteiger partial charge < -0.3 is 14.6 Å². The molecule has 0 fully saturated rings. The number of hydrogen-bond acceptors (Lipinski definition) is 7. The molecule has 0 spiro atoms. The second-order valence-electron chi connectivity index (χ2n) is 7.94. The lowest BCUT2D eigenvalue weighted by Gasteiger charge is -2.11. The predicted molar refractivity (Wildman–Crippen MR) is 124 cm³/mol. The first kappa shape index (κ1) is 22.1. The highest BCUT2D eigenvalue weighted by atomic mass is 16.5. The van der Waals surface area contributed by atoms with E-state index < -0.39 is 0 Å². The van der Waals surface area contributed by atoms with Crippen molar-refractivity contribution in [1.82, 2.24) is 25.4 Å². The van der Waals surface area contributed by atoms with E-state index in [9.17, 15) is 4.79 Å². The number of ether oxygens (including phenoxy) is 1. The lowest BCUT2D eigenvalue weighted by atomic mass is 10.0. The summed E-state index contributed by atoms with van der Waals surface area (Å²) in [5.41, 5.74) is 4.74. The number of aromatic nitrogens is 4. The van der Waals surface area contributed by atoms with Gasteiger partial charge >= 0.3 is 0 Å².